The molecule has 9 nitrogen and oxygen atoms in total. The van der Waals surface area contributed by atoms with Crippen LogP contribution in [0.4, 0.5) is 11.6 Å². The Balaban J connectivity index is 1.31. The first-order chi connectivity index (χ1) is 17.0. The molecule has 35 heavy (non-hydrogen) atoms. The number of benzene rings is 1. The summed E-state index contributed by atoms with van der Waals surface area (Å²) in [7, 11) is 0. The van der Waals surface area contributed by atoms with Crippen LogP contribution in [0.3, 0.4) is 0 Å². The molecule has 0 spiro atoms. The summed E-state index contributed by atoms with van der Waals surface area (Å²) in [6.07, 6.45) is 2.87. The van der Waals surface area contributed by atoms with Gasteiger partial charge in [-0.25, -0.2) is 9.97 Å². The molecule has 1 fully saturated rings. The lowest BCUT2D eigenvalue weighted by Crippen LogP contribution is -2.40. The number of aromatic nitrogens is 3. The topological polar surface area (TPSA) is 101 Å². The first kappa shape index (κ1) is 23.0. The highest BCUT2D eigenvalue weighted by atomic mass is 16.5. The number of hydrogen-bond acceptors (Lipinski definition) is 6. The SMILES string of the molecule is Cc1c(-c2ccnc(Nc3cccc(CCC(=O)N4CCOCC4)c3)n2)c(C)n2c1C(=O)NCC2. The second-order valence-corrected chi connectivity index (χ2v) is 8.93. The number of carbonyl (C=O) groups is 2. The van der Waals surface area contributed by atoms with Crippen molar-refractivity contribution < 1.29 is 14.3 Å². The number of aryl methyl sites for hydroxylation is 1. The van der Waals surface area contributed by atoms with Crippen molar-refractivity contribution in [1.29, 1.82) is 0 Å². The number of morpholine rings is 1. The highest BCUT2D eigenvalue weighted by Gasteiger charge is 2.26. The van der Waals surface area contributed by atoms with E-state index >= 15 is 0 Å². The van der Waals surface area contributed by atoms with Crippen LogP contribution in [0.1, 0.15) is 33.7 Å². The van der Waals surface area contributed by atoms with Crippen LogP contribution in [0.25, 0.3) is 11.3 Å². The van der Waals surface area contributed by atoms with E-state index in [4.69, 9.17) is 9.72 Å². The van der Waals surface area contributed by atoms with Crippen molar-refractivity contribution >= 4 is 23.5 Å². The highest BCUT2D eigenvalue weighted by molar-refractivity contribution is 5.97. The summed E-state index contributed by atoms with van der Waals surface area (Å²) in [6, 6.07) is 9.86. The van der Waals surface area contributed by atoms with E-state index in [2.05, 4.69) is 20.2 Å². The molecule has 2 N–H and O–H groups in total. The van der Waals surface area contributed by atoms with E-state index in [1.165, 1.54) is 0 Å². The Labute approximate surface area is 204 Å². The quantitative estimate of drug-likeness (QED) is 0.570. The smallest absolute Gasteiger partial charge is 0.268 e. The molecule has 0 bridgehead atoms. The predicted octanol–water partition coefficient (Wildman–Crippen LogP) is 2.84. The van der Waals surface area contributed by atoms with Gasteiger partial charge in [0.2, 0.25) is 11.9 Å². The second-order valence-electron chi connectivity index (χ2n) is 8.93. The minimum absolute atomic E-state index is 0.0422. The summed E-state index contributed by atoms with van der Waals surface area (Å²) in [4.78, 5) is 35.9. The number of hydrogen-bond donors (Lipinski definition) is 2. The second kappa shape index (κ2) is 9.87. The van der Waals surface area contributed by atoms with Crippen LogP contribution >= 0.6 is 0 Å². The maximum Gasteiger partial charge on any atom is 0.268 e. The van der Waals surface area contributed by atoms with Gasteiger partial charge in [0.05, 0.1) is 18.9 Å². The molecule has 4 heterocycles. The van der Waals surface area contributed by atoms with E-state index in [0.29, 0.717) is 57.3 Å². The van der Waals surface area contributed by atoms with Gasteiger partial charge in [0.1, 0.15) is 5.69 Å². The van der Waals surface area contributed by atoms with Crippen LogP contribution in [-0.2, 0) is 22.5 Å². The van der Waals surface area contributed by atoms with Crippen LogP contribution in [-0.4, -0.2) is 64.1 Å². The molecule has 2 aromatic heterocycles. The molecule has 1 saturated heterocycles. The van der Waals surface area contributed by atoms with Crippen LogP contribution in [0.15, 0.2) is 36.5 Å². The molecule has 1 aromatic carbocycles. The fourth-order valence-corrected chi connectivity index (χ4v) is 4.92. The van der Waals surface area contributed by atoms with Gasteiger partial charge >= 0.3 is 0 Å². The van der Waals surface area contributed by atoms with Crippen LogP contribution in [0.5, 0.6) is 0 Å². The standard InChI is InChI=1S/C26H30N6O3/c1-17-23(18(2)32-11-10-27-25(34)24(17)32)21-8-9-28-26(30-21)29-20-5-3-4-19(16-20)6-7-22(33)31-12-14-35-15-13-31/h3-5,8-9,16H,6-7,10-15H2,1-2H3,(H,27,34)(H,28,29,30). The number of ether oxygens (including phenoxy) is 1. The molecule has 0 radical (unpaired) electrons. The monoisotopic (exact) mass is 474 g/mol. The maximum atomic E-state index is 12.5. The molecule has 2 amide bonds. The van der Waals surface area contributed by atoms with Gasteiger partial charge < -0.3 is 24.8 Å². The van der Waals surface area contributed by atoms with E-state index in [1.807, 2.05) is 49.1 Å². The third kappa shape index (κ3) is 4.77. The molecule has 2 aliphatic heterocycles. The molecular weight excluding hydrogens is 444 g/mol. The number of amides is 2. The number of fused-ring (bicyclic) bond motifs is 1. The molecule has 182 valence electrons. The summed E-state index contributed by atoms with van der Waals surface area (Å²) in [6.45, 7) is 7.95. The number of nitrogens with zero attached hydrogens (tertiary/aromatic N) is 4. The summed E-state index contributed by atoms with van der Waals surface area (Å²) in [5.41, 5.74) is 6.35. The molecule has 0 saturated carbocycles. The summed E-state index contributed by atoms with van der Waals surface area (Å²) >= 11 is 0. The highest BCUT2D eigenvalue weighted by Crippen LogP contribution is 2.32. The molecule has 3 aromatic rings. The van der Waals surface area contributed by atoms with Crippen LogP contribution in [0, 0.1) is 13.8 Å². The first-order valence-corrected chi connectivity index (χ1v) is 12.0. The molecule has 5 rings (SSSR count). The number of rotatable bonds is 6. The molecule has 0 aliphatic carbocycles. The lowest BCUT2D eigenvalue weighted by atomic mass is 10.1. The Bertz CT molecular complexity index is 1260. The van der Waals surface area contributed by atoms with Gasteiger partial charge in [-0.15, -0.1) is 0 Å². The normalized spacial score (nSPS) is 15.5. The van der Waals surface area contributed by atoms with Crippen molar-refractivity contribution in [2.24, 2.45) is 0 Å². The fraction of sp³-hybridized carbons (Fsp3) is 0.385. The average Bonchev–Trinajstić information content (AvgIpc) is 3.14. The minimum atomic E-state index is -0.0422. The van der Waals surface area contributed by atoms with E-state index < -0.39 is 0 Å². The van der Waals surface area contributed by atoms with Gasteiger partial charge in [0.25, 0.3) is 5.91 Å². The van der Waals surface area contributed by atoms with Crippen LogP contribution < -0.4 is 10.6 Å². The summed E-state index contributed by atoms with van der Waals surface area (Å²) in [5.74, 6) is 0.605. The average molecular weight is 475 g/mol. The first-order valence-electron chi connectivity index (χ1n) is 12.0. The summed E-state index contributed by atoms with van der Waals surface area (Å²) < 4.78 is 7.40. The van der Waals surface area contributed by atoms with E-state index in [0.717, 1.165) is 40.3 Å². The largest absolute Gasteiger partial charge is 0.378 e. The Kier molecular flexibility index (Phi) is 6.50. The van der Waals surface area contributed by atoms with Gasteiger partial charge in [-0.05, 0) is 49.6 Å². The van der Waals surface area contributed by atoms with Crippen molar-refractivity contribution in [2.45, 2.75) is 33.2 Å². The Morgan fingerprint density at radius 3 is 2.80 bits per heavy atom. The number of anilines is 2. The Morgan fingerprint density at radius 2 is 2.00 bits per heavy atom. The molecule has 0 unspecified atom stereocenters. The van der Waals surface area contributed by atoms with Crippen molar-refractivity contribution in [3.05, 3.63) is 59.0 Å². The van der Waals surface area contributed by atoms with Gasteiger partial charge in [-0.1, -0.05) is 12.1 Å². The molecular formula is C26H30N6O3. The third-order valence-corrected chi connectivity index (χ3v) is 6.69. The lowest BCUT2D eigenvalue weighted by Gasteiger charge is -2.26. The molecule has 9 heteroatoms. The van der Waals surface area contributed by atoms with E-state index in [9.17, 15) is 9.59 Å². The van der Waals surface area contributed by atoms with E-state index in [-0.39, 0.29) is 11.8 Å². The predicted molar refractivity (Wildman–Crippen MR) is 133 cm³/mol. The van der Waals surface area contributed by atoms with Crippen molar-refractivity contribution in [1.82, 2.24) is 24.8 Å². The Morgan fingerprint density at radius 1 is 1.17 bits per heavy atom. The maximum absolute atomic E-state index is 12.5. The fourth-order valence-electron chi connectivity index (χ4n) is 4.92. The van der Waals surface area contributed by atoms with Crippen molar-refractivity contribution in [3.63, 3.8) is 0 Å². The van der Waals surface area contributed by atoms with E-state index in [1.54, 1.807) is 6.20 Å². The van der Waals surface area contributed by atoms with Crippen molar-refractivity contribution in [3.8, 4) is 11.3 Å². The van der Waals surface area contributed by atoms with Gasteiger partial charge in [0.15, 0.2) is 0 Å². The van der Waals surface area contributed by atoms with Gasteiger partial charge in [-0.3, -0.25) is 9.59 Å². The van der Waals surface area contributed by atoms with Gasteiger partial charge in [-0.2, -0.15) is 0 Å². The number of carbonyl (C=O) groups excluding carboxylic acids is 2. The van der Waals surface area contributed by atoms with Gasteiger partial charge in [0, 0.05) is 55.7 Å². The zero-order valence-electron chi connectivity index (χ0n) is 20.1. The lowest BCUT2D eigenvalue weighted by molar-refractivity contribution is -0.135. The van der Waals surface area contributed by atoms with Crippen LogP contribution in [0.2, 0.25) is 0 Å². The zero-order valence-corrected chi connectivity index (χ0v) is 20.1. The minimum Gasteiger partial charge on any atom is -0.378 e. The number of nitrogens with one attached hydrogen (secondary N) is 2. The Hall–Kier alpha value is -3.72. The summed E-state index contributed by atoms with van der Waals surface area (Å²) in [5, 5.41) is 6.22. The molecule has 2 aliphatic rings. The van der Waals surface area contributed by atoms with Crippen molar-refractivity contribution in [2.75, 3.05) is 38.2 Å². The molecule has 0 atom stereocenters. The zero-order chi connectivity index (χ0) is 24.4. The third-order valence-electron chi connectivity index (χ3n) is 6.69.